The number of methoxy groups -OCH3 is 1. The van der Waals surface area contributed by atoms with E-state index in [1.165, 1.54) is 20.5 Å². The van der Waals surface area contributed by atoms with Crippen molar-refractivity contribution in [2.75, 3.05) is 7.11 Å². The van der Waals surface area contributed by atoms with E-state index in [1.807, 2.05) is 0 Å². The van der Waals surface area contributed by atoms with E-state index in [1.54, 1.807) is 18.2 Å². The molecule has 2 fully saturated rings. The van der Waals surface area contributed by atoms with Crippen LogP contribution in [0.4, 0.5) is 0 Å². The van der Waals surface area contributed by atoms with Gasteiger partial charge in [0.2, 0.25) is 0 Å². The smallest absolute Gasteiger partial charge is 0.338 e. The van der Waals surface area contributed by atoms with Gasteiger partial charge in [-0.05, 0) is 48.8 Å². The highest BCUT2D eigenvalue weighted by Crippen LogP contribution is 2.66. The number of ether oxygens (including phenoxy) is 3. The van der Waals surface area contributed by atoms with Gasteiger partial charge >= 0.3 is 11.9 Å². The van der Waals surface area contributed by atoms with Gasteiger partial charge < -0.3 is 14.2 Å². The second-order valence-electron chi connectivity index (χ2n) is 7.96. The van der Waals surface area contributed by atoms with Gasteiger partial charge in [-0.3, -0.25) is 4.79 Å². The Bertz CT molecular complexity index is 708. The van der Waals surface area contributed by atoms with Gasteiger partial charge in [0.25, 0.3) is 0 Å². The number of esters is 2. The van der Waals surface area contributed by atoms with E-state index in [0.29, 0.717) is 23.0 Å². The van der Waals surface area contributed by atoms with Crippen molar-refractivity contribution in [3.63, 3.8) is 0 Å². The predicted octanol–water partition coefficient (Wildman–Crippen LogP) is 3.99. The van der Waals surface area contributed by atoms with Crippen LogP contribution >= 0.6 is 0 Å². The van der Waals surface area contributed by atoms with Gasteiger partial charge in [0.15, 0.2) is 11.5 Å². The van der Waals surface area contributed by atoms with E-state index in [2.05, 4.69) is 20.8 Å². The van der Waals surface area contributed by atoms with Crippen molar-refractivity contribution < 1.29 is 23.8 Å². The highest BCUT2D eigenvalue weighted by Gasteiger charge is 2.62. The van der Waals surface area contributed by atoms with Crippen molar-refractivity contribution in [2.24, 2.45) is 16.7 Å². The standard InChI is InChI=1S/C20H26O5/c1-12(21)24-15-7-6-13(10-16(15)23-5)18(22)25-17-11-14-8-9-20(17,4)19(14,2)3/h6-7,10,14,17H,8-9,11H2,1-5H3/t14-,17+,20-/m1/s1. The van der Waals surface area contributed by atoms with Crippen molar-refractivity contribution in [1.82, 2.24) is 0 Å². The first-order valence-electron chi connectivity index (χ1n) is 8.76. The van der Waals surface area contributed by atoms with Crippen LogP contribution in [0.1, 0.15) is 57.3 Å². The molecule has 5 heteroatoms. The molecule has 0 aromatic heterocycles. The van der Waals surface area contributed by atoms with Crippen LogP contribution in [-0.4, -0.2) is 25.2 Å². The van der Waals surface area contributed by atoms with Crippen LogP contribution in [0, 0.1) is 16.7 Å². The van der Waals surface area contributed by atoms with E-state index >= 15 is 0 Å². The fourth-order valence-electron chi connectivity index (χ4n) is 4.54. The van der Waals surface area contributed by atoms with E-state index in [9.17, 15) is 9.59 Å². The number of benzene rings is 1. The monoisotopic (exact) mass is 346 g/mol. The minimum atomic E-state index is -0.439. The first-order chi connectivity index (χ1) is 11.7. The van der Waals surface area contributed by atoms with Crippen LogP contribution in [0.2, 0.25) is 0 Å². The Morgan fingerprint density at radius 3 is 2.40 bits per heavy atom. The Morgan fingerprint density at radius 2 is 1.88 bits per heavy atom. The summed E-state index contributed by atoms with van der Waals surface area (Å²) in [5.74, 6) is 0.438. The lowest BCUT2D eigenvalue weighted by molar-refractivity contribution is -0.132. The molecule has 25 heavy (non-hydrogen) atoms. The molecule has 0 spiro atoms. The minimum Gasteiger partial charge on any atom is -0.493 e. The summed E-state index contributed by atoms with van der Waals surface area (Å²) in [6.45, 7) is 8.13. The maximum absolute atomic E-state index is 12.6. The molecule has 2 bridgehead atoms. The summed E-state index contributed by atoms with van der Waals surface area (Å²) in [7, 11) is 1.47. The average Bonchev–Trinajstić information content (AvgIpc) is 2.88. The summed E-state index contributed by atoms with van der Waals surface area (Å²) in [5, 5.41) is 0. The first-order valence-corrected chi connectivity index (χ1v) is 8.76. The Labute approximate surface area is 148 Å². The molecule has 2 saturated carbocycles. The van der Waals surface area contributed by atoms with Gasteiger partial charge in [0, 0.05) is 12.3 Å². The molecule has 0 unspecified atom stereocenters. The van der Waals surface area contributed by atoms with Crippen molar-refractivity contribution in [3.8, 4) is 11.5 Å². The van der Waals surface area contributed by atoms with Gasteiger partial charge in [-0.1, -0.05) is 20.8 Å². The number of carbonyl (C=O) groups excluding carboxylic acids is 2. The highest BCUT2D eigenvalue weighted by atomic mass is 16.6. The lowest BCUT2D eigenvalue weighted by atomic mass is 9.70. The van der Waals surface area contributed by atoms with Crippen LogP contribution in [0.25, 0.3) is 0 Å². The third-order valence-corrected chi connectivity index (χ3v) is 6.62. The number of hydrogen-bond donors (Lipinski definition) is 0. The molecular weight excluding hydrogens is 320 g/mol. The average molecular weight is 346 g/mol. The molecule has 5 nitrogen and oxygen atoms in total. The molecule has 0 radical (unpaired) electrons. The van der Waals surface area contributed by atoms with E-state index in [4.69, 9.17) is 14.2 Å². The minimum absolute atomic E-state index is 0.0229. The van der Waals surface area contributed by atoms with E-state index in [-0.39, 0.29) is 22.9 Å². The molecule has 136 valence electrons. The molecule has 0 aliphatic heterocycles. The summed E-state index contributed by atoms with van der Waals surface area (Å²) in [5.41, 5.74) is 0.612. The van der Waals surface area contributed by atoms with Crippen molar-refractivity contribution in [2.45, 2.75) is 53.1 Å². The summed E-state index contributed by atoms with van der Waals surface area (Å²) in [6.07, 6.45) is 3.17. The van der Waals surface area contributed by atoms with Crippen molar-refractivity contribution >= 4 is 11.9 Å². The Balaban J connectivity index is 1.77. The topological polar surface area (TPSA) is 61.8 Å². The molecular formula is C20H26O5. The predicted molar refractivity (Wildman–Crippen MR) is 92.7 cm³/mol. The second kappa shape index (κ2) is 6.04. The summed E-state index contributed by atoms with van der Waals surface area (Å²) < 4.78 is 16.2. The fraction of sp³-hybridized carbons (Fsp3) is 0.600. The quantitative estimate of drug-likeness (QED) is 0.609. The van der Waals surface area contributed by atoms with Crippen LogP contribution < -0.4 is 9.47 Å². The van der Waals surface area contributed by atoms with Crippen LogP contribution in [0.15, 0.2) is 18.2 Å². The molecule has 0 N–H and O–H groups in total. The second-order valence-corrected chi connectivity index (χ2v) is 7.96. The normalized spacial score (nSPS) is 29.3. The zero-order chi connectivity index (χ0) is 18.4. The molecule has 2 aliphatic carbocycles. The molecule has 1 aromatic rings. The highest BCUT2D eigenvalue weighted by molar-refractivity contribution is 5.90. The largest absolute Gasteiger partial charge is 0.493 e. The van der Waals surface area contributed by atoms with Crippen LogP contribution in [0.3, 0.4) is 0 Å². The van der Waals surface area contributed by atoms with Gasteiger partial charge in [0.1, 0.15) is 6.10 Å². The lowest BCUT2D eigenvalue weighted by Gasteiger charge is -2.38. The molecule has 0 amide bonds. The van der Waals surface area contributed by atoms with Gasteiger partial charge in [-0.25, -0.2) is 4.79 Å². The van der Waals surface area contributed by atoms with Crippen molar-refractivity contribution in [1.29, 1.82) is 0 Å². The number of carbonyl (C=O) groups is 2. The van der Waals surface area contributed by atoms with Gasteiger partial charge in [0.05, 0.1) is 12.7 Å². The van der Waals surface area contributed by atoms with Gasteiger partial charge in [-0.2, -0.15) is 0 Å². The third kappa shape index (κ3) is 2.79. The zero-order valence-electron chi connectivity index (χ0n) is 15.5. The zero-order valence-corrected chi connectivity index (χ0v) is 15.5. The third-order valence-electron chi connectivity index (χ3n) is 6.62. The van der Waals surface area contributed by atoms with Crippen LogP contribution in [-0.2, 0) is 9.53 Å². The number of hydrogen-bond acceptors (Lipinski definition) is 5. The Kier molecular flexibility index (Phi) is 4.30. The molecule has 3 atom stereocenters. The van der Waals surface area contributed by atoms with Crippen LogP contribution in [0.5, 0.6) is 11.5 Å². The molecule has 3 rings (SSSR count). The maximum Gasteiger partial charge on any atom is 0.338 e. The summed E-state index contributed by atoms with van der Waals surface area (Å²) >= 11 is 0. The molecule has 1 aromatic carbocycles. The number of fused-ring (bicyclic) bond motifs is 2. The molecule has 0 saturated heterocycles. The fourth-order valence-corrected chi connectivity index (χ4v) is 4.54. The van der Waals surface area contributed by atoms with Gasteiger partial charge in [-0.15, -0.1) is 0 Å². The first kappa shape index (κ1) is 17.8. The molecule has 2 aliphatic rings. The van der Waals surface area contributed by atoms with Crippen molar-refractivity contribution in [3.05, 3.63) is 23.8 Å². The SMILES string of the molecule is COc1cc(C(=O)O[C@H]2C[C@H]3CC[C@@]2(C)C3(C)C)ccc1OC(C)=O. The number of rotatable bonds is 4. The molecule has 0 heterocycles. The van der Waals surface area contributed by atoms with E-state index < -0.39 is 5.97 Å². The summed E-state index contributed by atoms with van der Waals surface area (Å²) in [4.78, 5) is 23.8. The van der Waals surface area contributed by atoms with E-state index in [0.717, 1.165) is 12.8 Å². The summed E-state index contributed by atoms with van der Waals surface area (Å²) in [6, 6.07) is 4.72. The Hall–Kier alpha value is -2.04. The lowest BCUT2D eigenvalue weighted by Crippen LogP contribution is -2.38. The Morgan fingerprint density at radius 1 is 1.16 bits per heavy atom. The maximum atomic E-state index is 12.6.